The van der Waals surface area contributed by atoms with E-state index in [1.54, 1.807) is 30.2 Å². The van der Waals surface area contributed by atoms with Crippen LogP contribution in [0.25, 0.3) is 22.5 Å². The topological polar surface area (TPSA) is 99.6 Å². The molecule has 0 spiro atoms. The first-order valence-electron chi connectivity index (χ1n) is 8.58. The van der Waals surface area contributed by atoms with Crippen molar-refractivity contribution in [2.75, 3.05) is 12.0 Å². The van der Waals surface area contributed by atoms with Gasteiger partial charge in [0, 0.05) is 6.07 Å². The average molecular weight is 381 g/mol. The number of hydrogen-bond donors (Lipinski definition) is 3. The Morgan fingerprint density at radius 2 is 2.19 bits per heavy atom. The van der Waals surface area contributed by atoms with E-state index in [1.165, 1.54) is 0 Å². The van der Waals surface area contributed by atoms with Crippen LogP contribution in [0.5, 0.6) is 0 Å². The van der Waals surface area contributed by atoms with Gasteiger partial charge in [-0.05, 0) is 42.7 Å². The summed E-state index contributed by atoms with van der Waals surface area (Å²) in [4.78, 5) is 20.7. The van der Waals surface area contributed by atoms with Gasteiger partial charge in [0.15, 0.2) is 11.5 Å². The number of hydrogen-bond acceptors (Lipinski definition) is 5. The molecule has 27 heavy (non-hydrogen) atoms. The van der Waals surface area contributed by atoms with Crippen molar-refractivity contribution in [3.63, 3.8) is 0 Å². The fourth-order valence-corrected chi connectivity index (χ4v) is 3.35. The lowest BCUT2D eigenvalue weighted by molar-refractivity contribution is 0.0929. The highest BCUT2D eigenvalue weighted by molar-refractivity contribution is 7.98. The maximum atomic E-state index is 12.7. The number of aromatic nitrogens is 4. The van der Waals surface area contributed by atoms with Crippen LogP contribution in [0, 0.1) is 0 Å². The number of furan rings is 1. The zero-order chi connectivity index (χ0) is 18.6. The van der Waals surface area contributed by atoms with E-state index in [1.807, 2.05) is 36.6 Å². The van der Waals surface area contributed by atoms with Crippen LogP contribution in [0.2, 0.25) is 0 Å². The van der Waals surface area contributed by atoms with Gasteiger partial charge in [-0.2, -0.15) is 16.9 Å². The highest BCUT2D eigenvalue weighted by Crippen LogP contribution is 2.22. The molecule has 0 aliphatic carbocycles. The molecule has 7 nitrogen and oxygen atoms in total. The summed E-state index contributed by atoms with van der Waals surface area (Å²) >= 11 is 1.73. The largest absolute Gasteiger partial charge is 0.463 e. The Hall–Kier alpha value is -3.00. The molecule has 0 aliphatic heterocycles. The maximum absolute atomic E-state index is 12.7. The molecule has 3 N–H and O–H groups in total. The Balaban J connectivity index is 1.55. The molecule has 3 aromatic heterocycles. The van der Waals surface area contributed by atoms with Gasteiger partial charge in [0.2, 0.25) is 0 Å². The number of para-hydroxylation sites is 2. The third kappa shape index (κ3) is 3.75. The van der Waals surface area contributed by atoms with Crippen LogP contribution in [-0.2, 0) is 0 Å². The number of fused-ring (bicyclic) bond motifs is 1. The normalized spacial score (nSPS) is 12.3. The summed E-state index contributed by atoms with van der Waals surface area (Å²) in [6, 6.07) is 12.9. The minimum atomic E-state index is -0.254. The van der Waals surface area contributed by atoms with Gasteiger partial charge < -0.3 is 14.7 Å². The van der Waals surface area contributed by atoms with Crippen molar-refractivity contribution in [3.05, 3.63) is 60.2 Å². The Morgan fingerprint density at radius 1 is 1.30 bits per heavy atom. The van der Waals surface area contributed by atoms with Gasteiger partial charge >= 0.3 is 0 Å². The molecule has 1 aromatic carbocycles. The van der Waals surface area contributed by atoms with Gasteiger partial charge in [-0.25, -0.2) is 4.98 Å². The van der Waals surface area contributed by atoms with Crippen molar-refractivity contribution in [3.8, 4) is 11.5 Å². The van der Waals surface area contributed by atoms with E-state index in [0.29, 0.717) is 17.1 Å². The molecule has 4 aromatic rings. The third-order valence-corrected chi connectivity index (χ3v) is 4.89. The highest BCUT2D eigenvalue weighted by atomic mass is 32.2. The summed E-state index contributed by atoms with van der Waals surface area (Å²) in [5.41, 5.74) is 2.81. The second kappa shape index (κ2) is 7.71. The van der Waals surface area contributed by atoms with E-state index in [4.69, 9.17) is 4.42 Å². The van der Waals surface area contributed by atoms with Crippen LogP contribution in [0.3, 0.4) is 0 Å². The Morgan fingerprint density at radius 3 is 2.96 bits per heavy atom. The number of amides is 1. The Labute approximate surface area is 160 Å². The first kappa shape index (κ1) is 17.4. The molecule has 0 radical (unpaired) electrons. The summed E-state index contributed by atoms with van der Waals surface area (Å²) in [6.07, 6.45) is 4.39. The van der Waals surface area contributed by atoms with Crippen molar-refractivity contribution in [2.24, 2.45) is 0 Å². The molecule has 4 rings (SSSR count). The summed E-state index contributed by atoms with van der Waals surface area (Å²) < 4.78 is 5.33. The van der Waals surface area contributed by atoms with Gasteiger partial charge in [0.25, 0.3) is 5.91 Å². The number of carbonyl (C=O) groups excluding carboxylic acids is 1. The van der Waals surface area contributed by atoms with E-state index in [0.717, 1.165) is 29.0 Å². The maximum Gasteiger partial charge on any atom is 0.272 e. The molecule has 1 atom stereocenters. The van der Waals surface area contributed by atoms with E-state index >= 15 is 0 Å². The van der Waals surface area contributed by atoms with E-state index in [9.17, 15) is 4.79 Å². The molecule has 0 unspecified atom stereocenters. The van der Waals surface area contributed by atoms with Gasteiger partial charge in [-0.3, -0.25) is 9.89 Å². The van der Waals surface area contributed by atoms with Crippen LogP contribution >= 0.6 is 11.8 Å². The molecule has 0 bridgehead atoms. The van der Waals surface area contributed by atoms with Gasteiger partial charge in [0.1, 0.15) is 11.5 Å². The van der Waals surface area contributed by atoms with E-state index in [2.05, 4.69) is 25.5 Å². The van der Waals surface area contributed by atoms with Crippen molar-refractivity contribution < 1.29 is 9.21 Å². The molecule has 1 amide bonds. The van der Waals surface area contributed by atoms with Gasteiger partial charge in [-0.15, -0.1) is 0 Å². The number of nitrogens with one attached hydrogen (secondary N) is 3. The molecule has 138 valence electrons. The van der Waals surface area contributed by atoms with Crippen LogP contribution in [0.1, 0.15) is 28.8 Å². The summed E-state index contributed by atoms with van der Waals surface area (Å²) in [7, 11) is 0. The molecular formula is C19H19N5O2S. The van der Waals surface area contributed by atoms with Crippen LogP contribution in [0.4, 0.5) is 0 Å². The minimum absolute atomic E-state index is 0.221. The SMILES string of the molecule is CSCC[C@H](NC(=O)c1cc(-c2ccco2)[nH]n1)c1nc2ccccc2[nH]1. The molecule has 3 heterocycles. The zero-order valence-corrected chi connectivity index (χ0v) is 15.5. The molecular weight excluding hydrogens is 362 g/mol. The van der Waals surface area contributed by atoms with E-state index < -0.39 is 0 Å². The number of aromatic amines is 2. The monoisotopic (exact) mass is 381 g/mol. The molecule has 8 heteroatoms. The second-order valence-corrected chi connectivity index (χ2v) is 7.08. The van der Waals surface area contributed by atoms with E-state index in [-0.39, 0.29) is 11.9 Å². The average Bonchev–Trinajstić information content (AvgIpc) is 3.43. The van der Waals surface area contributed by atoms with Crippen LogP contribution in [0.15, 0.2) is 53.1 Å². The number of rotatable bonds is 7. The van der Waals surface area contributed by atoms with Crippen LogP contribution < -0.4 is 5.32 Å². The zero-order valence-electron chi connectivity index (χ0n) is 14.7. The first-order chi connectivity index (χ1) is 13.2. The smallest absolute Gasteiger partial charge is 0.272 e. The Bertz CT molecular complexity index is 1000. The number of carbonyl (C=O) groups is 1. The lowest BCUT2D eigenvalue weighted by Crippen LogP contribution is -2.30. The fourth-order valence-electron chi connectivity index (χ4n) is 2.88. The minimum Gasteiger partial charge on any atom is -0.463 e. The molecule has 0 saturated heterocycles. The fraction of sp³-hybridized carbons (Fsp3) is 0.211. The third-order valence-electron chi connectivity index (χ3n) is 4.25. The molecule has 0 saturated carbocycles. The number of benzene rings is 1. The summed E-state index contributed by atoms with van der Waals surface area (Å²) in [5.74, 6) is 2.04. The van der Waals surface area contributed by atoms with Crippen molar-refractivity contribution in [2.45, 2.75) is 12.5 Å². The second-order valence-electron chi connectivity index (χ2n) is 6.09. The van der Waals surface area contributed by atoms with Crippen molar-refractivity contribution >= 4 is 28.7 Å². The highest BCUT2D eigenvalue weighted by Gasteiger charge is 2.21. The molecule has 0 fully saturated rings. The number of H-pyrrole nitrogens is 2. The number of thioether (sulfide) groups is 1. The molecule has 0 aliphatic rings. The van der Waals surface area contributed by atoms with Crippen LogP contribution in [-0.4, -0.2) is 38.1 Å². The lowest BCUT2D eigenvalue weighted by Gasteiger charge is -2.15. The quantitative estimate of drug-likeness (QED) is 0.452. The van der Waals surface area contributed by atoms with Gasteiger partial charge in [0.05, 0.1) is 23.3 Å². The predicted octanol–water partition coefficient (Wildman–Crippen LogP) is 3.77. The standard InChI is InChI=1S/C19H19N5O2S/c1-27-10-8-14(18-20-12-5-2-3-6-13(12)21-18)22-19(25)16-11-15(23-24-16)17-7-4-9-26-17/h2-7,9,11,14H,8,10H2,1H3,(H,20,21)(H,22,25)(H,23,24)/t14-/m0/s1. The predicted molar refractivity (Wildman–Crippen MR) is 106 cm³/mol. The summed E-state index contributed by atoms with van der Waals surface area (Å²) in [5, 5.41) is 9.99. The summed E-state index contributed by atoms with van der Waals surface area (Å²) in [6.45, 7) is 0. The van der Waals surface area contributed by atoms with Gasteiger partial charge in [-0.1, -0.05) is 12.1 Å². The van der Waals surface area contributed by atoms with Crippen molar-refractivity contribution in [1.29, 1.82) is 0 Å². The number of nitrogens with zero attached hydrogens (tertiary/aromatic N) is 2. The number of imidazole rings is 1. The Kier molecular flexibility index (Phi) is 4.97. The van der Waals surface area contributed by atoms with Crippen molar-refractivity contribution in [1.82, 2.24) is 25.5 Å². The first-order valence-corrected chi connectivity index (χ1v) is 9.97. The lowest BCUT2D eigenvalue weighted by atomic mass is 10.2.